The molecule has 3 aromatic carbocycles. The number of carbonyl (C=O) groups excluding carboxylic acids is 8. The molecule has 4 fully saturated rings. The van der Waals surface area contributed by atoms with E-state index in [2.05, 4.69) is 41.5 Å². The number of fused-ring (bicyclic) bond motifs is 3. The van der Waals surface area contributed by atoms with Gasteiger partial charge in [0, 0.05) is 59.8 Å². The number of aliphatic hydroxyl groups is 1. The number of nitrogens with zero attached hydrogens (tertiary/aromatic N) is 6. The number of hydrogen-bond donors (Lipinski definition) is 9. The van der Waals surface area contributed by atoms with Crippen LogP contribution in [-0.2, 0) is 51.1 Å². The summed E-state index contributed by atoms with van der Waals surface area (Å²) in [5.74, 6) is -2.63. The van der Waals surface area contributed by atoms with Gasteiger partial charge in [0.15, 0.2) is 0 Å². The van der Waals surface area contributed by atoms with Crippen LogP contribution < -0.4 is 31.7 Å². The van der Waals surface area contributed by atoms with E-state index in [1.54, 1.807) is 27.2 Å². The van der Waals surface area contributed by atoms with E-state index >= 15 is 0 Å². The number of aliphatic hydroxyl groups excluding tert-OH is 1. The predicted molar refractivity (Wildman–Crippen MR) is 354 cm³/mol. The van der Waals surface area contributed by atoms with Crippen molar-refractivity contribution < 1.29 is 67.3 Å². The molecule has 7 heterocycles. The van der Waals surface area contributed by atoms with Crippen molar-refractivity contribution in [3.05, 3.63) is 117 Å². The predicted octanol–water partition coefficient (Wildman–Crippen LogP) is 6.74. The molecule has 5 aliphatic rings. The van der Waals surface area contributed by atoms with E-state index in [4.69, 9.17) is 26.8 Å². The molecule has 26 nitrogen and oxygen atoms in total. The molecule has 7 amide bonds. The third kappa shape index (κ3) is 16.0. The molecule has 4 aliphatic heterocycles. The molecule has 0 spiro atoms. The van der Waals surface area contributed by atoms with E-state index in [9.17, 15) is 57.8 Å². The number of β-amino-alcohol motifs (C(OH)–C–C–N with tert-alkyl or cyclic N) is 1. The maximum atomic E-state index is 14.9. The highest BCUT2D eigenvalue weighted by Gasteiger charge is 2.50. The van der Waals surface area contributed by atoms with Crippen LogP contribution in [-0.4, -0.2) is 159 Å². The first-order valence-electron chi connectivity index (χ1n) is 32.8. The molecule has 0 radical (unpaired) electrons. The van der Waals surface area contributed by atoms with Crippen molar-refractivity contribution in [2.75, 3.05) is 26.3 Å². The number of aromatic amines is 1. The van der Waals surface area contributed by atoms with E-state index in [0.29, 0.717) is 91.6 Å². The second-order valence-electron chi connectivity index (χ2n) is 26.6. The summed E-state index contributed by atoms with van der Waals surface area (Å²) in [5, 5.41) is 32.7. The summed E-state index contributed by atoms with van der Waals surface area (Å²) in [6.07, 6.45) is 6.84. The lowest BCUT2D eigenvalue weighted by Gasteiger charge is -2.36. The third-order valence-electron chi connectivity index (χ3n) is 18.9. The Balaban J connectivity index is 0.679. The maximum Gasteiger partial charge on any atom is 0.396 e. The number of rotatable bonds is 26. The number of amides is 7. The monoisotopic (exact) mass is 1380 g/mol. The lowest BCUT2D eigenvalue weighted by Crippen LogP contribution is -2.57. The molecular formula is C67H82ClN12O14PS. The number of H-pyrrole nitrogens is 1. The summed E-state index contributed by atoms with van der Waals surface area (Å²) in [4.78, 5) is 140. The Morgan fingerprint density at radius 1 is 0.938 bits per heavy atom. The van der Waals surface area contributed by atoms with Crippen molar-refractivity contribution in [1.82, 2.24) is 56.0 Å². The Kier molecular flexibility index (Phi) is 21.6. The van der Waals surface area contributed by atoms with Crippen LogP contribution in [0, 0.1) is 12.3 Å². The van der Waals surface area contributed by atoms with Gasteiger partial charge in [-0.05, 0) is 118 Å². The summed E-state index contributed by atoms with van der Waals surface area (Å²) < 4.78 is 25.6. The first kappa shape index (κ1) is 69.4. The number of aromatic nitrogens is 5. The number of likely N-dealkylation sites (tertiary alicyclic amines) is 1. The van der Waals surface area contributed by atoms with Gasteiger partial charge in [-0.1, -0.05) is 86.3 Å². The van der Waals surface area contributed by atoms with Crippen molar-refractivity contribution in [2.24, 2.45) is 11.1 Å². The molecule has 512 valence electrons. The fraction of sp³-hybridized carbons (Fsp3) is 0.507. The molecule has 96 heavy (non-hydrogen) atoms. The zero-order valence-corrected chi connectivity index (χ0v) is 56.3. The summed E-state index contributed by atoms with van der Waals surface area (Å²) in [6, 6.07) is 12.8. The van der Waals surface area contributed by atoms with E-state index in [1.807, 2.05) is 51.1 Å². The van der Waals surface area contributed by atoms with Gasteiger partial charge in [-0.2, -0.15) is 0 Å². The smallest absolute Gasteiger partial charge is 0.396 e. The van der Waals surface area contributed by atoms with Gasteiger partial charge >= 0.3 is 7.60 Å². The number of primary amides is 1. The standard InChI is InChI=1S/C67H82ClN12O14PS/c1-37-59(96-36-71-37)41-19-15-38(16-20-41)49(75-63(86)52-30-46(81)32-78(52)65(88)60-67(2,3)35-93-34-53-58(40-17-18-40)76-77-80(53)60)31-56(83)70-27-8-4-5-10-39-11-9-14-54(57(39)68)94-33-44(22-26-55(69)82)72-62(85)51-25-23-45-12-6-7-13-48(64(87)79(45)51)74-61(84)50-29-43-28-42(21-24-47(43)73-50)66(89)95(90,91)92/h9,11,14-16,19-21,24,28-29,36,40,44-46,48-49,51-52,60,73,81H,4-8,10,12-13,17-18,22-23,25-27,30-35H2,1-3H3,(H2,69,82)(H,70,83)(H,72,85)(H,74,84)(H,75,86)(H2,90,91,92)/t44-,45-,46+,48-,49-,51-,52-,60+/m0/s1. The van der Waals surface area contributed by atoms with Gasteiger partial charge in [0.1, 0.15) is 42.2 Å². The molecule has 3 aromatic heterocycles. The van der Waals surface area contributed by atoms with Crippen LogP contribution in [0.3, 0.4) is 0 Å². The van der Waals surface area contributed by atoms with Crippen molar-refractivity contribution in [3.8, 4) is 16.2 Å². The Bertz CT molecular complexity index is 3960. The van der Waals surface area contributed by atoms with Gasteiger partial charge in [-0.25, -0.2) is 9.67 Å². The minimum absolute atomic E-state index is 0.00590. The fourth-order valence-electron chi connectivity index (χ4n) is 13.7. The first-order valence-corrected chi connectivity index (χ1v) is 35.7. The minimum atomic E-state index is -5.05. The van der Waals surface area contributed by atoms with Crippen LogP contribution in [0.25, 0.3) is 21.3 Å². The van der Waals surface area contributed by atoms with Crippen molar-refractivity contribution in [1.29, 1.82) is 0 Å². The zero-order chi connectivity index (χ0) is 68.2. The highest BCUT2D eigenvalue weighted by Crippen LogP contribution is 2.45. The molecule has 29 heteroatoms. The van der Waals surface area contributed by atoms with Gasteiger partial charge in [0.2, 0.25) is 35.4 Å². The molecule has 10 N–H and O–H groups in total. The van der Waals surface area contributed by atoms with Crippen LogP contribution in [0.15, 0.2) is 72.2 Å². The average molecular weight is 1380 g/mol. The van der Waals surface area contributed by atoms with E-state index < -0.39 is 90.4 Å². The Morgan fingerprint density at radius 3 is 2.45 bits per heavy atom. The molecule has 0 bridgehead atoms. The second-order valence-corrected chi connectivity index (χ2v) is 29.3. The zero-order valence-electron chi connectivity index (χ0n) is 53.8. The molecule has 0 unspecified atom stereocenters. The van der Waals surface area contributed by atoms with Gasteiger partial charge in [-0.15, -0.1) is 16.4 Å². The van der Waals surface area contributed by atoms with Gasteiger partial charge in [-0.3, -0.25) is 42.9 Å². The highest BCUT2D eigenvalue weighted by molar-refractivity contribution is 7.70. The minimum Gasteiger partial charge on any atom is -0.490 e. The molecular weight excluding hydrogens is 1300 g/mol. The number of benzene rings is 3. The third-order valence-corrected chi connectivity index (χ3v) is 21.1. The number of halogens is 1. The van der Waals surface area contributed by atoms with Crippen LogP contribution in [0.4, 0.5) is 0 Å². The number of thiazole rings is 1. The quantitative estimate of drug-likeness (QED) is 0.0200. The summed E-state index contributed by atoms with van der Waals surface area (Å²) in [5.41, 5.74) is 10.4. The van der Waals surface area contributed by atoms with Gasteiger partial charge < -0.3 is 66.2 Å². The van der Waals surface area contributed by atoms with E-state index in [0.717, 1.165) is 52.3 Å². The fourth-order valence-corrected chi connectivity index (χ4v) is 15.3. The van der Waals surface area contributed by atoms with Crippen LogP contribution >= 0.6 is 30.5 Å². The summed E-state index contributed by atoms with van der Waals surface area (Å²) in [7, 11) is -5.05. The van der Waals surface area contributed by atoms with Crippen LogP contribution in [0.1, 0.15) is 177 Å². The van der Waals surface area contributed by atoms with Gasteiger partial charge in [0.05, 0.1) is 70.3 Å². The second kappa shape index (κ2) is 29.8. The highest BCUT2D eigenvalue weighted by atomic mass is 35.5. The van der Waals surface area contributed by atoms with Crippen molar-refractivity contribution in [3.63, 3.8) is 0 Å². The van der Waals surface area contributed by atoms with E-state index in [-0.39, 0.29) is 87.1 Å². The summed E-state index contributed by atoms with van der Waals surface area (Å²) in [6.45, 7) is 6.51. The number of unbranched alkanes of at least 4 members (excludes halogenated alkanes) is 2. The maximum absolute atomic E-state index is 14.9. The molecule has 8 atom stereocenters. The van der Waals surface area contributed by atoms with Crippen LogP contribution in [0.2, 0.25) is 5.02 Å². The SMILES string of the molecule is Cc1ncsc1-c1ccc([C@H](CC(=O)NCCCCCc2cccc(OC[C@H](CCC(N)=O)NC(=O)[C@@H]3CC[C@@H]4CCCC[C@H](NC(=O)c5cc6cc(C(=O)P(=O)(O)O)ccc6[nH]5)C(=O)N43)c2Cl)NC(=O)[C@@H]2C[C@@H](O)CN2C(=O)[C@H]2n3nnc(C4CC4)c3COCC2(C)C)cc1. The summed E-state index contributed by atoms with van der Waals surface area (Å²) >= 11 is 8.48. The Labute approximate surface area is 563 Å². The molecule has 6 aromatic rings. The molecule has 3 saturated heterocycles. The Morgan fingerprint density at radius 2 is 1.71 bits per heavy atom. The molecule has 1 saturated carbocycles. The number of nitrogens with two attached hydrogens (primary N) is 1. The number of aryl methyl sites for hydroxylation is 2. The average Bonchev–Trinajstić information content (AvgIpc) is 1.59. The van der Waals surface area contributed by atoms with Crippen molar-refractivity contribution >= 4 is 88.3 Å². The normalized spacial score (nSPS) is 21.6. The topological polar surface area (TPSA) is 373 Å². The van der Waals surface area contributed by atoms with Crippen LogP contribution in [0.5, 0.6) is 5.75 Å². The lowest BCUT2D eigenvalue weighted by molar-refractivity contribution is -0.145. The number of nitrogens with one attached hydrogen (secondary N) is 5. The number of hydrogen-bond acceptors (Lipinski definition) is 16. The lowest BCUT2D eigenvalue weighted by atomic mass is 9.84. The van der Waals surface area contributed by atoms with Gasteiger partial charge in [0.25, 0.3) is 11.4 Å². The molecule has 11 rings (SSSR count). The first-order chi connectivity index (χ1) is 45.9. The van der Waals surface area contributed by atoms with Crippen molar-refractivity contribution in [2.45, 2.75) is 184 Å². The largest absolute Gasteiger partial charge is 0.490 e. The molecule has 1 aliphatic carbocycles. The number of carbonyl (C=O) groups is 8. The Hall–Kier alpha value is -7.91. The number of ether oxygens (including phenoxy) is 2. The van der Waals surface area contributed by atoms with E-state index in [1.165, 1.54) is 40.5 Å².